The molecule has 0 radical (unpaired) electrons. The van der Waals surface area contributed by atoms with Crippen LogP contribution in [0.25, 0.3) is 11.1 Å². The van der Waals surface area contributed by atoms with Gasteiger partial charge in [-0.15, -0.1) is 0 Å². The number of benzene rings is 2. The van der Waals surface area contributed by atoms with Gasteiger partial charge in [0.05, 0.1) is 7.11 Å². The minimum absolute atomic E-state index is 0.220. The van der Waals surface area contributed by atoms with Gasteiger partial charge in [-0.1, -0.05) is 30.3 Å². The highest BCUT2D eigenvalue weighted by molar-refractivity contribution is 5.63. The van der Waals surface area contributed by atoms with Gasteiger partial charge in [-0.2, -0.15) is 0 Å². The first-order valence-corrected chi connectivity index (χ1v) is 9.35. The van der Waals surface area contributed by atoms with Crippen molar-refractivity contribution in [3.63, 3.8) is 0 Å². The SMILES string of the molecule is COc1ccc(-c2cncc(CNCC3CCc4ccccc4O3)c2)cc1. The molecule has 3 aromatic rings. The molecule has 0 bridgehead atoms. The van der Waals surface area contributed by atoms with Crippen molar-refractivity contribution in [3.8, 4) is 22.6 Å². The van der Waals surface area contributed by atoms with Crippen molar-refractivity contribution in [1.82, 2.24) is 10.3 Å². The van der Waals surface area contributed by atoms with Crippen molar-refractivity contribution in [2.45, 2.75) is 25.5 Å². The first-order valence-electron chi connectivity index (χ1n) is 9.35. The van der Waals surface area contributed by atoms with E-state index in [4.69, 9.17) is 9.47 Å². The van der Waals surface area contributed by atoms with Crippen molar-refractivity contribution in [2.24, 2.45) is 0 Å². The average Bonchev–Trinajstić information content (AvgIpc) is 2.74. The zero-order valence-electron chi connectivity index (χ0n) is 15.5. The predicted molar refractivity (Wildman–Crippen MR) is 107 cm³/mol. The summed E-state index contributed by atoms with van der Waals surface area (Å²) in [5.74, 6) is 1.89. The third kappa shape index (κ3) is 4.29. The molecule has 1 aromatic heterocycles. The largest absolute Gasteiger partial charge is 0.497 e. The molecule has 1 atom stereocenters. The van der Waals surface area contributed by atoms with Gasteiger partial charge in [-0.05, 0) is 53.8 Å². The fraction of sp³-hybridized carbons (Fsp3) is 0.261. The number of methoxy groups -OCH3 is 1. The fourth-order valence-corrected chi connectivity index (χ4v) is 3.43. The van der Waals surface area contributed by atoms with Gasteiger partial charge in [0.15, 0.2) is 0 Å². The van der Waals surface area contributed by atoms with Gasteiger partial charge < -0.3 is 14.8 Å². The van der Waals surface area contributed by atoms with Crippen LogP contribution >= 0.6 is 0 Å². The Bertz CT molecular complexity index is 893. The van der Waals surface area contributed by atoms with Crippen LogP contribution in [0.4, 0.5) is 0 Å². The molecule has 138 valence electrons. The van der Waals surface area contributed by atoms with Crippen LogP contribution in [0.15, 0.2) is 67.0 Å². The molecular formula is C23H24N2O2. The quantitative estimate of drug-likeness (QED) is 0.714. The smallest absolute Gasteiger partial charge is 0.122 e. The Morgan fingerprint density at radius 3 is 2.78 bits per heavy atom. The van der Waals surface area contributed by atoms with E-state index in [0.717, 1.165) is 48.6 Å². The molecule has 2 aromatic carbocycles. The first-order chi connectivity index (χ1) is 13.3. The Kier molecular flexibility index (Phi) is 5.35. The summed E-state index contributed by atoms with van der Waals surface area (Å²) >= 11 is 0. The molecule has 0 saturated heterocycles. The number of nitrogens with zero attached hydrogens (tertiary/aromatic N) is 1. The molecule has 1 N–H and O–H groups in total. The number of aryl methyl sites for hydroxylation is 1. The molecule has 4 rings (SSSR count). The van der Waals surface area contributed by atoms with Gasteiger partial charge in [-0.25, -0.2) is 0 Å². The van der Waals surface area contributed by atoms with Crippen molar-refractivity contribution >= 4 is 0 Å². The molecule has 0 spiro atoms. The molecule has 1 aliphatic rings. The summed E-state index contributed by atoms with van der Waals surface area (Å²) in [6, 6.07) is 18.5. The van der Waals surface area contributed by atoms with Crippen molar-refractivity contribution in [2.75, 3.05) is 13.7 Å². The van der Waals surface area contributed by atoms with E-state index in [0.29, 0.717) is 0 Å². The average molecular weight is 360 g/mol. The summed E-state index contributed by atoms with van der Waals surface area (Å²) in [7, 11) is 1.68. The van der Waals surface area contributed by atoms with Gasteiger partial charge in [0.25, 0.3) is 0 Å². The van der Waals surface area contributed by atoms with Crippen molar-refractivity contribution in [3.05, 3.63) is 78.1 Å². The Balaban J connectivity index is 1.34. The summed E-state index contributed by atoms with van der Waals surface area (Å²) in [4.78, 5) is 4.40. The molecule has 4 heteroatoms. The lowest BCUT2D eigenvalue weighted by molar-refractivity contribution is 0.170. The second-order valence-corrected chi connectivity index (χ2v) is 6.83. The number of fused-ring (bicyclic) bond motifs is 1. The lowest BCUT2D eigenvalue weighted by Gasteiger charge is -2.26. The number of hydrogen-bond donors (Lipinski definition) is 1. The zero-order valence-corrected chi connectivity index (χ0v) is 15.5. The topological polar surface area (TPSA) is 43.4 Å². The van der Waals surface area contributed by atoms with Gasteiger partial charge in [-0.3, -0.25) is 4.98 Å². The van der Waals surface area contributed by atoms with E-state index < -0.39 is 0 Å². The van der Waals surface area contributed by atoms with Gasteiger partial charge in [0.1, 0.15) is 17.6 Å². The highest BCUT2D eigenvalue weighted by atomic mass is 16.5. The van der Waals surface area contributed by atoms with Crippen LogP contribution in [0.2, 0.25) is 0 Å². The molecular weight excluding hydrogens is 336 g/mol. The number of ether oxygens (including phenoxy) is 2. The van der Waals surface area contributed by atoms with Crippen LogP contribution in [0.3, 0.4) is 0 Å². The minimum atomic E-state index is 0.220. The predicted octanol–water partition coefficient (Wildman–Crippen LogP) is 4.24. The summed E-state index contributed by atoms with van der Waals surface area (Å²) in [5, 5.41) is 3.51. The third-order valence-electron chi connectivity index (χ3n) is 4.92. The number of aromatic nitrogens is 1. The Labute approximate surface area is 160 Å². The van der Waals surface area contributed by atoms with Crippen LogP contribution in [-0.2, 0) is 13.0 Å². The van der Waals surface area contributed by atoms with Crippen molar-refractivity contribution in [1.29, 1.82) is 0 Å². The molecule has 27 heavy (non-hydrogen) atoms. The summed E-state index contributed by atoms with van der Waals surface area (Å²) in [6.07, 6.45) is 6.16. The molecule has 2 heterocycles. The maximum atomic E-state index is 6.09. The standard InChI is InChI=1S/C23H24N2O2/c1-26-21-9-6-18(7-10-21)20-12-17(13-24-15-20)14-25-16-22-11-8-19-4-2-3-5-23(19)27-22/h2-7,9-10,12-13,15,22,25H,8,11,14,16H2,1H3. The maximum absolute atomic E-state index is 6.09. The highest BCUT2D eigenvalue weighted by Gasteiger charge is 2.18. The molecule has 1 aliphatic heterocycles. The second-order valence-electron chi connectivity index (χ2n) is 6.83. The second kappa shape index (κ2) is 8.23. The van der Waals surface area contributed by atoms with Crippen LogP contribution < -0.4 is 14.8 Å². The molecule has 0 fully saturated rings. The molecule has 0 saturated carbocycles. The number of rotatable bonds is 6. The van der Waals surface area contributed by atoms with E-state index in [1.807, 2.05) is 30.6 Å². The number of pyridine rings is 1. The van der Waals surface area contributed by atoms with Crippen LogP contribution in [0.5, 0.6) is 11.5 Å². The lowest BCUT2D eigenvalue weighted by atomic mass is 10.0. The Hall–Kier alpha value is -2.85. The van der Waals surface area contributed by atoms with E-state index in [2.05, 4.69) is 46.7 Å². The summed E-state index contributed by atoms with van der Waals surface area (Å²) in [6.45, 7) is 1.61. The monoisotopic (exact) mass is 360 g/mol. The van der Waals surface area contributed by atoms with Crippen LogP contribution in [-0.4, -0.2) is 24.7 Å². The van der Waals surface area contributed by atoms with Crippen LogP contribution in [0.1, 0.15) is 17.5 Å². The van der Waals surface area contributed by atoms with E-state index in [9.17, 15) is 0 Å². The number of hydrogen-bond acceptors (Lipinski definition) is 4. The fourth-order valence-electron chi connectivity index (χ4n) is 3.43. The summed E-state index contributed by atoms with van der Waals surface area (Å²) in [5.41, 5.74) is 4.72. The molecule has 0 aliphatic carbocycles. The number of nitrogens with one attached hydrogen (secondary N) is 1. The zero-order chi connectivity index (χ0) is 18.5. The lowest BCUT2D eigenvalue weighted by Crippen LogP contribution is -2.33. The first kappa shape index (κ1) is 17.6. The van der Waals surface area contributed by atoms with E-state index in [-0.39, 0.29) is 6.10 Å². The van der Waals surface area contributed by atoms with Crippen molar-refractivity contribution < 1.29 is 9.47 Å². The molecule has 4 nitrogen and oxygen atoms in total. The van der Waals surface area contributed by atoms with Gasteiger partial charge >= 0.3 is 0 Å². The Morgan fingerprint density at radius 2 is 1.93 bits per heavy atom. The maximum Gasteiger partial charge on any atom is 0.122 e. The van der Waals surface area contributed by atoms with E-state index >= 15 is 0 Å². The van der Waals surface area contributed by atoms with Gasteiger partial charge in [0, 0.05) is 31.0 Å². The van der Waals surface area contributed by atoms with Crippen LogP contribution in [0, 0.1) is 0 Å². The Morgan fingerprint density at radius 1 is 1.07 bits per heavy atom. The molecule has 0 amide bonds. The number of para-hydroxylation sites is 1. The minimum Gasteiger partial charge on any atom is -0.497 e. The van der Waals surface area contributed by atoms with E-state index in [1.54, 1.807) is 7.11 Å². The van der Waals surface area contributed by atoms with Gasteiger partial charge in [0.2, 0.25) is 0 Å². The molecule has 1 unspecified atom stereocenters. The third-order valence-corrected chi connectivity index (χ3v) is 4.92. The normalized spacial score (nSPS) is 15.7. The summed E-state index contributed by atoms with van der Waals surface area (Å²) < 4.78 is 11.3. The van der Waals surface area contributed by atoms with E-state index in [1.165, 1.54) is 11.1 Å². The highest BCUT2D eigenvalue weighted by Crippen LogP contribution is 2.27.